The molecule has 1 aliphatic rings. The highest BCUT2D eigenvalue weighted by Crippen LogP contribution is 2.32. The van der Waals surface area contributed by atoms with Gasteiger partial charge in [-0.3, -0.25) is 9.59 Å². The van der Waals surface area contributed by atoms with Gasteiger partial charge in [0.25, 0.3) is 0 Å². The van der Waals surface area contributed by atoms with Gasteiger partial charge in [0.1, 0.15) is 0 Å². The Morgan fingerprint density at radius 2 is 2.14 bits per heavy atom. The fraction of sp³-hybridized carbons (Fsp3) is 0.692. The first kappa shape index (κ1) is 17.5. The Morgan fingerprint density at radius 1 is 1.48 bits per heavy atom. The molecule has 3 atom stereocenters. The topological polar surface area (TPSA) is 67.4 Å². The van der Waals surface area contributed by atoms with E-state index >= 15 is 0 Å². The zero-order valence-electron chi connectivity index (χ0n) is 11.7. The average molecular weight is 308 g/mol. The molecule has 8 heteroatoms. The van der Waals surface area contributed by atoms with Crippen molar-refractivity contribution in [2.75, 3.05) is 6.54 Å². The summed E-state index contributed by atoms with van der Waals surface area (Å²) < 4.78 is 42.1. The van der Waals surface area contributed by atoms with Gasteiger partial charge in [0.15, 0.2) is 6.10 Å². The van der Waals surface area contributed by atoms with E-state index in [0.29, 0.717) is 6.41 Å². The molecule has 0 radical (unpaired) electrons. The predicted molar refractivity (Wildman–Crippen MR) is 69.4 cm³/mol. The number of rotatable bonds is 7. The number of amides is 2. The lowest BCUT2D eigenvalue weighted by atomic mass is 10.1. The van der Waals surface area contributed by atoms with Crippen molar-refractivity contribution in [3.05, 3.63) is 12.2 Å². The summed E-state index contributed by atoms with van der Waals surface area (Å²) in [5.74, 6) is -0.450. The third kappa shape index (κ3) is 5.74. The standard InChI is InChI=1S/C13H19F3N2O3/c1-8(5-9(2)18-7-19)12(20)17-6-10-3-4-11(21-10)13(14,15)16/h7,9-11H,1,3-6H2,2H3,(H,17,20)(H,18,19). The number of alkyl halides is 3. The molecule has 0 bridgehead atoms. The highest BCUT2D eigenvalue weighted by atomic mass is 19.4. The molecular weight excluding hydrogens is 289 g/mol. The van der Waals surface area contributed by atoms with Crippen molar-refractivity contribution in [2.24, 2.45) is 0 Å². The van der Waals surface area contributed by atoms with Gasteiger partial charge in [-0.05, 0) is 26.2 Å². The van der Waals surface area contributed by atoms with Gasteiger partial charge < -0.3 is 15.4 Å². The molecule has 0 aromatic rings. The molecule has 1 saturated heterocycles. The van der Waals surface area contributed by atoms with E-state index in [1.807, 2.05) is 0 Å². The smallest absolute Gasteiger partial charge is 0.364 e. The van der Waals surface area contributed by atoms with Crippen molar-refractivity contribution in [3.8, 4) is 0 Å². The zero-order valence-corrected chi connectivity index (χ0v) is 11.7. The van der Waals surface area contributed by atoms with Gasteiger partial charge in [0.05, 0.1) is 6.10 Å². The van der Waals surface area contributed by atoms with Crippen LogP contribution in [-0.4, -0.2) is 43.3 Å². The normalized spacial score (nSPS) is 23.4. The van der Waals surface area contributed by atoms with Gasteiger partial charge in [-0.2, -0.15) is 13.2 Å². The van der Waals surface area contributed by atoms with Gasteiger partial charge in [0, 0.05) is 18.2 Å². The first-order valence-electron chi connectivity index (χ1n) is 6.62. The molecule has 120 valence electrons. The van der Waals surface area contributed by atoms with Crippen LogP contribution >= 0.6 is 0 Å². The van der Waals surface area contributed by atoms with E-state index in [-0.39, 0.29) is 37.4 Å². The third-order valence-electron chi connectivity index (χ3n) is 3.19. The van der Waals surface area contributed by atoms with Crippen LogP contribution in [0.25, 0.3) is 0 Å². The second-order valence-electron chi connectivity index (χ2n) is 5.07. The van der Waals surface area contributed by atoms with Gasteiger partial charge in [-0.15, -0.1) is 0 Å². The highest BCUT2D eigenvalue weighted by molar-refractivity contribution is 5.92. The minimum atomic E-state index is -4.36. The largest absolute Gasteiger partial charge is 0.414 e. The summed E-state index contributed by atoms with van der Waals surface area (Å²) >= 11 is 0. The van der Waals surface area contributed by atoms with E-state index < -0.39 is 24.3 Å². The summed E-state index contributed by atoms with van der Waals surface area (Å²) in [5, 5.41) is 4.98. The minimum absolute atomic E-state index is 0.0138. The number of carbonyl (C=O) groups excluding carboxylic acids is 2. The monoisotopic (exact) mass is 308 g/mol. The van der Waals surface area contributed by atoms with Crippen LogP contribution in [0.1, 0.15) is 26.2 Å². The van der Waals surface area contributed by atoms with E-state index in [1.54, 1.807) is 6.92 Å². The minimum Gasteiger partial charge on any atom is -0.364 e. The maximum Gasteiger partial charge on any atom is 0.414 e. The van der Waals surface area contributed by atoms with Crippen molar-refractivity contribution < 1.29 is 27.5 Å². The Labute approximate surface area is 120 Å². The molecule has 1 heterocycles. The molecule has 2 amide bonds. The van der Waals surface area contributed by atoms with Crippen LogP contribution in [0.15, 0.2) is 12.2 Å². The van der Waals surface area contributed by atoms with Gasteiger partial charge in [-0.25, -0.2) is 0 Å². The van der Waals surface area contributed by atoms with Crippen molar-refractivity contribution in [1.29, 1.82) is 0 Å². The molecule has 5 nitrogen and oxygen atoms in total. The average Bonchev–Trinajstić information content (AvgIpc) is 2.84. The Balaban J connectivity index is 2.31. The summed E-state index contributed by atoms with van der Waals surface area (Å²) in [6.07, 6.45) is -5.80. The Hall–Kier alpha value is -1.57. The molecule has 1 rings (SSSR count). The van der Waals surface area contributed by atoms with E-state index in [9.17, 15) is 22.8 Å². The second-order valence-corrected chi connectivity index (χ2v) is 5.07. The van der Waals surface area contributed by atoms with E-state index in [4.69, 9.17) is 4.74 Å². The maximum absolute atomic E-state index is 12.4. The predicted octanol–water partition coefficient (Wildman–Crippen LogP) is 1.29. The quantitative estimate of drug-likeness (QED) is 0.550. The number of carbonyl (C=O) groups is 2. The molecule has 0 aromatic carbocycles. The van der Waals surface area contributed by atoms with E-state index in [1.165, 1.54) is 0 Å². The van der Waals surface area contributed by atoms with Crippen LogP contribution in [0.3, 0.4) is 0 Å². The van der Waals surface area contributed by atoms with Crippen LogP contribution in [0.2, 0.25) is 0 Å². The molecule has 2 N–H and O–H groups in total. The molecule has 0 saturated carbocycles. The lowest BCUT2D eigenvalue weighted by Crippen LogP contribution is -2.36. The summed E-state index contributed by atoms with van der Waals surface area (Å²) in [6, 6.07) is -0.238. The van der Waals surface area contributed by atoms with Crippen molar-refractivity contribution in [2.45, 2.75) is 50.6 Å². The van der Waals surface area contributed by atoms with Crippen LogP contribution in [-0.2, 0) is 14.3 Å². The summed E-state index contributed by atoms with van der Waals surface area (Å²) in [4.78, 5) is 21.9. The van der Waals surface area contributed by atoms with Crippen LogP contribution in [0, 0.1) is 0 Å². The van der Waals surface area contributed by atoms with Crippen molar-refractivity contribution in [1.82, 2.24) is 10.6 Å². The first-order valence-corrected chi connectivity index (χ1v) is 6.62. The van der Waals surface area contributed by atoms with Crippen LogP contribution < -0.4 is 10.6 Å². The number of hydrogen-bond acceptors (Lipinski definition) is 3. The second kappa shape index (κ2) is 7.44. The maximum atomic E-state index is 12.4. The summed E-state index contributed by atoms with van der Waals surface area (Å²) in [6.45, 7) is 5.31. The van der Waals surface area contributed by atoms with Crippen molar-refractivity contribution in [3.63, 3.8) is 0 Å². The number of hydrogen-bond donors (Lipinski definition) is 2. The SMILES string of the molecule is C=C(CC(C)NC=O)C(=O)NCC1CCC(C(F)(F)F)O1. The zero-order chi connectivity index (χ0) is 16.0. The molecule has 1 aliphatic heterocycles. The number of nitrogens with one attached hydrogen (secondary N) is 2. The number of halogens is 3. The fourth-order valence-corrected chi connectivity index (χ4v) is 2.07. The molecular formula is C13H19F3N2O3. The van der Waals surface area contributed by atoms with Crippen LogP contribution in [0.4, 0.5) is 13.2 Å². The summed E-state index contributed by atoms with van der Waals surface area (Å²) in [7, 11) is 0. The number of ether oxygens (including phenoxy) is 1. The highest BCUT2D eigenvalue weighted by Gasteiger charge is 2.45. The Morgan fingerprint density at radius 3 is 2.67 bits per heavy atom. The molecule has 0 aromatic heterocycles. The van der Waals surface area contributed by atoms with E-state index in [0.717, 1.165) is 0 Å². The lowest BCUT2D eigenvalue weighted by molar-refractivity contribution is -0.214. The van der Waals surface area contributed by atoms with Gasteiger partial charge in [0.2, 0.25) is 12.3 Å². The Kier molecular flexibility index (Phi) is 6.19. The van der Waals surface area contributed by atoms with Crippen LogP contribution in [0.5, 0.6) is 0 Å². The third-order valence-corrected chi connectivity index (χ3v) is 3.19. The molecule has 1 fully saturated rings. The molecule has 0 spiro atoms. The lowest BCUT2D eigenvalue weighted by Gasteiger charge is -2.17. The molecule has 21 heavy (non-hydrogen) atoms. The fourth-order valence-electron chi connectivity index (χ4n) is 2.07. The van der Waals surface area contributed by atoms with Gasteiger partial charge >= 0.3 is 6.18 Å². The van der Waals surface area contributed by atoms with Gasteiger partial charge in [-0.1, -0.05) is 6.58 Å². The Bertz CT molecular complexity index is 399. The molecule has 0 aliphatic carbocycles. The van der Waals surface area contributed by atoms with Crippen molar-refractivity contribution >= 4 is 12.3 Å². The molecule has 3 unspecified atom stereocenters. The summed E-state index contributed by atoms with van der Waals surface area (Å²) in [5.41, 5.74) is 0.252. The van der Waals surface area contributed by atoms with E-state index in [2.05, 4.69) is 17.2 Å². The first-order chi connectivity index (χ1) is 9.74.